The molecule has 1 fully saturated rings. The van der Waals surface area contributed by atoms with Crippen molar-refractivity contribution in [1.29, 1.82) is 0 Å². The third kappa shape index (κ3) is 3.89. The first-order valence-corrected chi connectivity index (χ1v) is 4.28. The van der Waals surface area contributed by atoms with E-state index >= 15 is 0 Å². The molecular weight excluding hydrogens is 172 g/mol. The van der Waals surface area contributed by atoms with E-state index in [0.29, 0.717) is 6.04 Å². The Labute approximate surface area is 76.7 Å². The van der Waals surface area contributed by atoms with E-state index in [1.54, 1.807) is 0 Å². The van der Waals surface area contributed by atoms with E-state index in [2.05, 4.69) is 5.32 Å². The van der Waals surface area contributed by atoms with Crippen LogP contribution in [0.3, 0.4) is 0 Å². The second kappa shape index (κ2) is 4.23. The Morgan fingerprint density at radius 3 is 2.62 bits per heavy atom. The maximum absolute atomic E-state index is 11.2. The van der Waals surface area contributed by atoms with Gasteiger partial charge >= 0.3 is 5.97 Å². The van der Waals surface area contributed by atoms with Crippen molar-refractivity contribution in [2.45, 2.75) is 18.9 Å². The summed E-state index contributed by atoms with van der Waals surface area (Å²) in [7, 11) is 1.49. The number of likely N-dealkylation sites (N-methyl/N-ethyl adjacent to an activating group) is 1. The number of nitrogens with zero attached hydrogens (tertiary/aromatic N) is 1. The summed E-state index contributed by atoms with van der Waals surface area (Å²) in [5, 5.41) is 11.4. The first-order chi connectivity index (χ1) is 6.09. The Morgan fingerprint density at radius 2 is 2.15 bits per heavy atom. The van der Waals surface area contributed by atoms with Crippen molar-refractivity contribution < 1.29 is 14.7 Å². The van der Waals surface area contributed by atoms with Crippen LogP contribution in [0.1, 0.15) is 12.8 Å². The topological polar surface area (TPSA) is 69.6 Å². The normalized spacial score (nSPS) is 15.5. The fraction of sp³-hybridized carbons (Fsp3) is 0.750. The molecule has 0 aromatic rings. The summed E-state index contributed by atoms with van der Waals surface area (Å²) in [4.78, 5) is 22.7. The van der Waals surface area contributed by atoms with Gasteiger partial charge in [-0.1, -0.05) is 0 Å². The molecule has 1 aliphatic rings. The van der Waals surface area contributed by atoms with Crippen molar-refractivity contribution in [2.24, 2.45) is 0 Å². The summed E-state index contributed by atoms with van der Waals surface area (Å²) in [5.41, 5.74) is 0. The van der Waals surface area contributed by atoms with Crippen LogP contribution < -0.4 is 5.32 Å². The molecule has 1 aliphatic carbocycles. The molecule has 0 heterocycles. The molecule has 5 nitrogen and oxygen atoms in total. The van der Waals surface area contributed by atoms with Crippen LogP contribution in [0.5, 0.6) is 0 Å². The van der Waals surface area contributed by atoms with Crippen molar-refractivity contribution in [1.82, 2.24) is 10.2 Å². The number of carbonyl (C=O) groups is 2. The largest absolute Gasteiger partial charge is 0.480 e. The van der Waals surface area contributed by atoms with Gasteiger partial charge < -0.3 is 15.3 Å². The Kier molecular flexibility index (Phi) is 3.25. The first-order valence-electron chi connectivity index (χ1n) is 4.28. The zero-order valence-electron chi connectivity index (χ0n) is 7.62. The minimum Gasteiger partial charge on any atom is -0.480 e. The standard InChI is InChI=1S/C8H14N2O3/c1-10(5-8(12)13)7(11)4-9-6-2-3-6/h6,9H,2-5H2,1H3,(H,12,13). The molecule has 0 atom stereocenters. The van der Waals surface area contributed by atoms with Crippen LogP contribution in [-0.4, -0.2) is 48.1 Å². The van der Waals surface area contributed by atoms with E-state index < -0.39 is 5.97 Å². The van der Waals surface area contributed by atoms with Crippen molar-refractivity contribution in [2.75, 3.05) is 20.1 Å². The molecule has 1 saturated carbocycles. The van der Waals surface area contributed by atoms with Crippen molar-refractivity contribution in [3.8, 4) is 0 Å². The van der Waals surface area contributed by atoms with E-state index in [1.807, 2.05) is 0 Å². The lowest BCUT2D eigenvalue weighted by molar-refractivity contribution is -0.143. The summed E-state index contributed by atoms with van der Waals surface area (Å²) >= 11 is 0. The van der Waals surface area contributed by atoms with Gasteiger partial charge in [-0.25, -0.2) is 0 Å². The first kappa shape index (κ1) is 9.98. The number of aliphatic carboxylic acids is 1. The zero-order valence-corrected chi connectivity index (χ0v) is 7.62. The number of carboxylic acids is 1. The molecule has 0 saturated heterocycles. The molecule has 13 heavy (non-hydrogen) atoms. The van der Waals surface area contributed by atoms with Crippen LogP contribution in [0.15, 0.2) is 0 Å². The summed E-state index contributed by atoms with van der Waals surface area (Å²) in [6.45, 7) is 0.0135. The lowest BCUT2D eigenvalue weighted by Gasteiger charge is -2.14. The fourth-order valence-corrected chi connectivity index (χ4v) is 0.945. The van der Waals surface area contributed by atoms with E-state index in [0.717, 1.165) is 12.8 Å². The number of carbonyl (C=O) groups excluding carboxylic acids is 1. The Bertz CT molecular complexity index is 213. The second-order valence-electron chi connectivity index (χ2n) is 3.30. The monoisotopic (exact) mass is 186 g/mol. The van der Waals surface area contributed by atoms with E-state index in [1.165, 1.54) is 11.9 Å². The summed E-state index contributed by atoms with van der Waals surface area (Å²) in [5.74, 6) is -1.16. The van der Waals surface area contributed by atoms with E-state index in [9.17, 15) is 9.59 Å². The maximum Gasteiger partial charge on any atom is 0.323 e. The van der Waals surface area contributed by atoms with Crippen LogP contribution in [0.4, 0.5) is 0 Å². The smallest absolute Gasteiger partial charge is 0.323 e. The van der Waals surface area contributed by atoms with Gasteiger partial charge in [-0.3, -0.25) is 9.59 Å². The van der Waals surface area contributed by atoms with E-state index in [-0.39, 0.29) is 19.0 Å². The Balaban J connectivity index is 2.16. The molecule has 0 aliphatic heterocycles. The summed E-state index contributed by atoms with van der Waals surface area (Å²) in [6.07, 6.45) is 2.24. The lowest BCUT2D eigenvalue weighted by atomic mass is 10.4. The Hall–Kier alpha value is -1.10. The van der Waals surface area contributed by atoms with Gasteiger partial charge in [-0.15, -0.1) is 0 Å². The second-order valence-corrected chi connectivity index (χ2v) is 3.30. The third-order valence-corrected chi connectivity index (χ3v) is 1.92. The maximum atomic E-state index is 11.2. The van der Waals surface area contributed by atoms with Crippen molar-refractivity contribution in [3.05, 3.63) is 0 Å². The minimum absolute atomic E-state index is 0.172. The van der Waals surface area contributed by atoms with E-state index in [4.69, 9.17) is 5.11 Å². The zero-order chi connectivity index (χ0) is 9.84. The van der Waals surface area contributed by atoms with Gasteiger partial charge in [0.25, 0.3) is 0 Å². The molecule has 0 unspecified atom stereocenters. The number of nitrogens with one attached hydrogen (secondary N) is 1. The van der Waals surface area contributed by atoms with Crippen LogP contribution >= 0.6 is 0 Å². The van der Waals surface area contributed by atoms with Gasteiger partial charge in [0.2, 0.25) is 5.91 Å². The molecule has 2 N–H and O–H groups in total. The number of carboxylic acid groups (broad SMARTS) is 1. The van der Waals surface area contributed by atoms with Crippen LogP contribution in [0.2, 0.25) is 0 Å². The van der Waals surface area contributed by atoms with Gasteiger partial charge in [0.1, 0.15) is 6.54 Å². The highest BCUT2D eigenvalue weighted by atomic mass is 16.4. The number of amides is 1. The van der Waals surface area contributed by atoms with Crippen LogP contribution in [-0.2, 0) is 9.59 Å². The SMILES string of the molecule is CN(CC(=O)O)C(=O)CNC1CC1. The molecule has 5 heteroatoms. The highest BCUT2D eigenvalue weighted by Crippen LogP contribution is 2.17. The summed E-state index contributed by atoms with van der Waals surface area (Å²) < 4.78 is 0. The quantitative estimate of drug-likeness (QED) is 0.594. The third-order valence-electron chi connectivity index (χ3n) is 1.92. The van der Waals surface area contributed by atoms with Crippen LogP contribution in [0, 0.1) is 0 Å². The number of rotatable bonds is 5. The number of hydrogen-bond acceptors (Lipinski definition) is 3. The summed E-state index contributed by atoms with van der Waals surface area (Å²) in [6, 6.07) is 0.474. The molecular formula is C8H14N2O3. The Morgan fingerprint density at radius 1 is 1.54 bits per heavy atom. The molecule has 0 radical (unpaired) electrons. The van der Waals surface area contributed by atoms with Crippen LogP contribution in [0.25, 0.3) is 0 Å². The van der Waals surface area contributed by atoms with Gasteiger partial charge in [0.05, 0.1) is 6.54 Å². The van der Waals surface area contributed by atoms with Gasteiger partial charge in [-0.2, -0.15) is 0 Å². The molecule has 1 amide bonds. The molecule has 0 spiro atoms. The molecule has 74 valence electrons. The molecule has 0 aromatic carbocycles. The van der Waals surface area contributed by atoms with Gasteiger partial charge in [0, 0.05) is 13.1 Å². The number of hydrogen-bond donors (Lipinski definition) is 2. The lowest BCUT2D eigenvalue weighted by Crippen LogP contribution is -2.38. The van der Waals surface area contributed by atoms with Gasteiger partial charge in [0.15, 0.2) is 0 Å². The predicted molar refractivity (Wildman–Crippen MR) is 46.3 cm³/mol. The van der Waals surface area contributed by atoms with Crippen molar-refractivity contribution in [3.63, 3.8) is 0 Å². The molecule has 1 rings (SSSR count). The molecule has 0 bridgehead atoms. The van der Waals surface area contributed by atoms with Crippen molar-refractivity contribution >= 4 is 11.9 Å². The minimum atomic E-state index is -0.984. The van der Waals surface area contributed by atoms with Gasteiger partial charge in [-0.05, 0) is 12.8 Å². The highest BCUT2D eigenvalue weighted by molar-refractivity contribution is 5.82. The highest BCUT2D eigenvalue weighted by Gasteiger charge is 2.22. The molecule has 0 aromatic heterocycles. The fourth-order valence-electron chi connectivity index (χ4n) is 0.945. The predicted octanol–water partition coefficient (Wildman–Crippen LogP) is -0.719. The average molecular weight is 186 g/mol. The average Bonchev–Trinajstić information content (AvgIpc) is 2.81.